The van der Waals surface area contributed by atoms with Crippen molar-refractivity contribution < 1.29 is 31.0 Å². The number of benzene rings is 4. The van der Waals surface area contributed by atoms with E-state index in [0.29, 0.717) is 17.0 Å². The lowest BCUT2D eigenvalue weighted by molar-refractivity contribution is 0.481. The van der Waals surface area contributed by atoms with Crippen molar-refractivity contribution in [3.63, 3.8) is 0 Å². The van der Waals surface area contributed by atoms with E-state index in [9.17, 15) is 40.6 Å². The Morgan fingerprint density at radius 2 is 1.36 bits per heavy atom. The summed E-state index contributed by atoms with van der Waals surface area (Å²) in [7, 11) is -9.84. The zero-order valence-electron chi connectivity index (χ0n) is 21.1. The van der Waals surface area contributed by atoms with Crippen LogP contribution in [-0.4, -0.2) is 36.0 Å². The fourth-order valence-electron chi connectivity index (χ4n) is 5.06. The molecule has 1 aliphatic heterocycles. The normalized spacial score (nSPS) is 13.1. The lowest BCUT2D eigenvalue weighted by Crippen LogP contribution is -2.33. The zero-order valence-corrected chi connectivity index (χ0v) is 22.8. The van der Waals surface area contributed by atoms with E-state index in [1.165, 1.54) is 12.1 Å². The summed E-state index contributed by atoms with van der Waals surface area (Å²) in [4.78, 5) is 29.7. The van der Waals surface area contributed by atoms with E-state index in [1.54, 1.807) is 54.6 Å². The molecule has 0 aromatic heterocycles. The Labute approximate surface area is 236 Å². The van der Waals surface area contributed by atoms with Gasteiger partial charge >= 0.3 is 0 Å². The highest BCUT2D eigenvalue weighted by Crippen LogP contribution is 2.31. The molecule has 210 valence electrons. The first-order valence-corrected chi connectivity index (χ1v) is 15.0. The van der Waals surface area contributed by atoms with E-state index in [1.807, 2.05) is 0 Å². The fraction of sp³-hybridized carbons (Fsp3) is 0. The molecule has 0 saturated carbocycles. The van der Waals surface area contributed by atoms with Crippen LogP contribution in [0.1, 0.15) is 5.56 Å². The molecule has 1 aliphatic carbocycles. The van der Waals surface area contributed by atoms with Crippen LogP contribution in [0, 0.1) is 10.4 Å². The molecule has 0 saturated heterocycles. The van der Waals surface area contributed by atoms with Gasteiger partial charge in [-0.05, 0) is 35.7 Å². The monoisotopic (exact) mass is 602 g/mol. The van der Waals surface area contributed by atoms with Crippen molar-refractivity contribution in [2.45, 2.75) is 9.79 Å². The number of aliphatic hydroxyl groups excluding tert-OH is 1. The van der Waals surface area contributed by atoms with Gasteiger partial charge in [-0.25, -0.2) is 4.98 Å². The third-order valence-electron chi connectivity index (χ3n) is 6.87. The molecule has 42 heavy (non-hydrogen) atoms. The van der Waals surface area contributed by atoms with Crippen LogP contribution in [0.3, 0.4) is 0 Å². The molecule has 6 rings (SSSR count). The van der Waals surface area contributed by atoms with Gasteiger partial charge in [0.05, 0.1) is 32.4 Å². The van der Waals surface area contributed by atoms with Crippen LogP contribution in [0.5, 0.6) is 0 Å². The molecule has 1 heterocycles. The van der Waals surface area contributed by atoms with Crippen molar-refractivity contribution in [1.29, 1.82) is 0 Å². The predicted octanol–water partition coefficient (Wildman–Crippen LogP) is 2.94. The highest BCUT2D eigenvalue weighted by atomic mass is 32.2. The molecule has 13 heteroatoms. The standard InChI is InChI=1S/C29H18N2O9S2/c32-27(15-6-2-1-3-7-15)26-23-17-8-4-5-9-18(17)28(33)25-21(13-12-20(24(23)25)31-29(26)34)30-19-11-10-16(41(35,36)37)14-22(19)42(38,39)40/h1-14,30,32H,(H,35,36,37)(H,38,39,40). The maximum atomic E-state index is 13.9. The maximum absolute atomic E-state index is 13.9. The van der Waals surface area contributed by atoms with Crippen molar-refractivity contribution >= 4 is 59.0 Å². The topological polar surface area (TPSA) is 188 Å². The molecule has 0 bridgehead atoms. The average Bonchev–Trinajstić information content (AvgIpc) is 2.95. The van der Waals surface area contributed by atoms with Crippen LogP contribution in [-0.2, 0) is 20.2 Å². The number of rotatable bonds is 5. The summed E-state index contributed by atoms with van der Waals surface area (Å²) in [6, 6.07) is 20.1. The number of aromatic nitrogens is 1. The van der Waals surface area contributed by atoms with E-state index in [2.05, 4.69) is 10.3 Å². The van der Waals surface area contributed by atoms with Crippen LogP contribution in [0.25, 0.3) is 27.4 Å². The summed E-state index contributed by atoms with van der Waals surface area (Å²) in [5, 5.41) is 15.0. The minimum Gasteiger partial charge on any atom is -0.506 e. The first-order chi connectivity index (χ1) is 19.9. The third-order valence-corrected chi connectivity index (χ3v) is 8.61. The average molecular weight is 603 g/mol. The molecule has 0 radical (unpaired) electrons. The smallest absolute Gasteiger partial charge is 0.296 e. The maximum Gasteiger partial charge on any atom is 0.296 e. The van der Waals surface area contributed by atoms with E-state index in [-0.39, 0.29) is 49.1 Å². The Hall–Kier alpha value is -4.95. The number of anilines is 2. The molecule has 4 aromatic carbocycles. The SMILES string of the molecule is O=c1nc2ccc(Nc3ccc(S(=O)(=O)O)cc3S(=O)(=O)O)c3c2=c(c1=C(O)c1ccccc1)c1ccccc1c3=O. The van der Waals surface area contributed by atoms with Crippen molar-refractivity contribution in [1.82, 2.24) is 4.98 Å². The van der Waals surface area contributed by atoms with Crippen molar-refractivity contribution in [3.8, 4) is 0 Å². The minimum absolute atomic E-state index is 0.00374. The Morgan fingerprint density at radius 1 is 0.714 bits per heavy atom. The number of aliphatic hydroxyl groups is 1. The lowest BCUT2D eigenvalue weighted by atomic mass is 9.96. The van der Waals surface area contributed by atoms with Gasteiger partial charge in [0, 0.05) is 21.4 Å². The molecule has 0 atom stereocenters. The van der Waals surface area contributed by atoms with Crippen LogP contribution in [0.2, 0.25) is 0 Å². The lowest BCUT2D eigenvalue weighted by Gasteiger charge is -2.15. The van der Waals surface area contributed by atoms with Gasteiger partial charge in [-0.15, -0.1) is 0 Å². The highest BCUT2D eigenvalue weighted by molar-refractivity contribution is 7.86. The molecule has 0 fully saturated rings. The summed E-state index contributed by atoms with van der Waals surface area (Å²) in [6.45, 7) is 0. The molecule has 0 spiro atoms. The van der Waals surface area contributed by atoms with Crippen LogP contribution < -0.4 is 21.5 Å². The Balaban J connectivity index is 1.79. The van der Waals surface area contributed by atoms with Gasteiger partial charge in [0.2, 0.25) is 0 Å². The second-order valence-electron chi connectivity index (χ2n) is 9.37. The van der Waals surface area contributed by atoms with Crippen LogP contribution in [0.4, 0.5) is 11.4 Å². The van der Waals surface area contributed by atoms with E-state index in [0.717, 1.165) is 12.1 Å². The first kappa shape index (κ1) is 27.2. The summed E-state index contributed by atoms with van der Waals surface area (Å²) in [6.07, 6.45) is 0. The van der Waals surface area contributed by atoms with E-state index >= 15 is 0 Å². The Bertz CT molecular complexity index is 2540. The van der Waals surface area contributed by atoms with Crippen molar-refractivity contribution in [2.24, 2.45) is 0 Å². The molecule has 4 aromatic rings. The van der Waals surface area contributed by atoms with Gasteiger partial charge in [0.15, 0.2) is 5.43 Å². The van der Waals surface area contributed by atoms with Gasteiger partial charge in [-0.3, -0.25) is 18.7 Å². The van der Waals surface area contributed by atoms with Crippen LogP contribution in [0.15, 0.2) is 104 Å². The number of nitrogens with zero attached hydrogens (tertiary/aromatic N) is 1. The molecular formula is C29H18N2O9S2. The Morgan fingerprint density at radius 3 is 2.02 bits per heavy atom. The second-order valence-corrected chi connectivity index (χ2v) is 12.2. The van der Waals surface area contributed by atoms with Gasteiger partial charge < -0.3 is 10.4 Å². The largest absolute Gasteiger partial charge is 0.506 e. The van der Waals surface area contributed by atoms with Crippen molar-refractivity contribution in [3.05, 3.63) is 127 Å². The molecular weight excluding hydrogens is 584 g/mol. The predicted molar refractivity (Wildman–Crippen MR) is 154 cm³/mol. The highest BCUT2D eigenvalue weighted by Gasteiger charge is 2.23. The fourth-order valence-corrected chi connectivity index (χ4v) is 6.32. The van der Waals surface area contributed by atoms with E-state index < -0.39 is 41.0 Å². The Kier molecular flexibility index (Phi) is 6.20. The second kappa shape index (κ2) is 9.56. The van der Waals surface area contributed by atoms with E-state index in [4.69, 9.17) is 0 Å². The summed E-state index contributed by atoms with van der Waals surface area (Å²) < 4.78 is 66.8. The summed E-state index contributed by atoms with van der Waals surface area (Å²) in [5.41, 5.74) is -1.02. The molecule has 11 nitrogen and oxygen atoms in total. The van der Waals surface area contributed by atoms with Gasteiger partial charge in [-0.2, -0.15) is 16.8 Å². The zero-order chi connectivity index (χ0) is 30.0. The van der Waals surface area contributed by atoms with Gasteiger partial charge in [0.25, 0.3) is 25.8 Å². The van der Waals surface area contributed by atoms with Gasteiger partial charge in [-0.1, -0.05) is 54.6 Å². The first-order valence-electron chi connectivity index (χ1n) is 12.2. The van der Waals surface area contributed by atoms with Crippen molar-refractivity contribution in [2.75, 3.05) is 5.32 Å². The summed E-state index contributed by atoms with van der Waals surface area (Å²) in [5.74, 6) is -0.354. The van der Waals surface area contributed by atoms with Crippen LogP contribution >= 0.6 is 0 Å². The third kappa shape index (κ3) is 4.40. The number of fused-ring (bicyclic) bond motifs is 2. The molecule has 0 amide bonds. The minimum atomic E-state index is -5.02. The number of hydrogen-bond acceptors (Lipinski definition) is 9. The molecule has 0 unspecified atom stereocenters. The molecule has 2 aliphatic rings. The molecule has 4 N–H and O–H groups in total. The number of hydrogen-bond donors (Lipinski definition) is 4. The quantitative estimate of drug-likeness (QED) is 0.212. The number of nitrogens with one attached hydrogen (secondary N) is 1. The van der Waals surface area contributed by atoms with Gasteiger partial charge in [0.1, 0.15) is 10.7 Å². The summed E-state index contributed by atoms with van der Waals surface area (Å²) >= 11 is 0.